The van der Waals surface area contributed by atoms with Gasteiger partial charge in [0, 0.05) is 5.69 Å². The predicted molar refractivity (Wildman–Crippen MR) is 86.2 cm³/mol. The number of benzene rings is 1. The van der Waals surface area contributed by atoms with Crippen molar-refractivity contribution < 1.29 is 14.7 Å². The molecule has 1 amide bonds. The number of carbonyl (C=O) groups excluding carboxylic acids is 1. The fourth-order valence-corrected chi connectivity index (χ4v) is 2.59. The van der Waals surface area contributed by atoms with Gasteiger partial charge in [-0.2, -0.15) is 4.98 Å². The maximum absolute atomic E-state index is 12.3. The molecule has 1 aromatic heterocycles. The van der Waals surface area contributed by atoms with Crippen LogP contribution in [0.25, 0.3) is 0 Å². The van der Waals surface area contributed by atoms with Crippen LogP contribution in [0.3, 0.4) is 0 Å². The van der Waals surface area contributed by atoms with Gasteiger partial charge in [0.15, 0.2) is 5.16 Å². The predicted octanol–water partition coefficient (Wildman–Crippen LogP) is 1.66. The second-order valence-electron chi connectivity index (χ2n) is 4.52. The lowest BCUT2D eigenvalue weighted by molar-refractivity contribution is -0.115. The molecule has 120 valence electrons. The molecule has 0 spiro atoms. The zero-order chi connectivity index (χ0) is 16.8. The van der Waals surface area contributed by atoms with Gasteiger partial charge in [-0.15, -0.1) is 0 Å². The van der Waals surface area contributed by atoms with Gasteiger partial charge in [0.25, 0.3) is 0 Å². The number of rotatable bonds is 6. The van der Waals surface area contributed by atoms with Gasteiger partial charge >= 0.3 is 5.97 Å². The van der Waals surface area contributed by atoms with Crippen LogP contribution in [0.1, 0.15) is 23.7 Å². The SMILES string of the molecule is CCC(Sc1ncnc(N)n1)C(=O)Nc1cccc(C(=O)O)c1. The van der Waals surface area contributed by atoms with E-state index in [1.807, 2.05) is 6.92 Å². The van der Waals surface area contributed by atoms with Crippen molar-refractivity contribution in [3.8, 4) is 0 Å². The fourth-order valence-electron chi connectivity index (χ4n) is 1.75. The van der Waals surface area contributed by atoms with Gasteiger partial charge in [0.2, 0.25) is 11.9 Å². The molecule has 0 aliphatic rings. The van der Waals surface area contributed by atoms with Crippen LogP contribution in [0.2, 0.25) is 0 Å². The molecule has 0 saturated heterocycles. The number of aromatic carboxylic acids is 1. The number of nitrogen functional groups attached to an aromatic ring is 1. The van der Waals surface area contributed by atoms with Crippen LogP contribution in [-0.2, 0) is 4.79 Å². The van der Waals surface area contributed by atoms with Crippen molar-refractivity contribution in [2.45, 2.75) is 23.8 Å². The Bertz CT molecular complexity index is 725. The molecule has 1 aromatic carbocycles. The average Bonchev–Trinajstić information content (AvgIpc) is 2.52. The number of thioether (sulfide) groups is 1. The highest BCUT2D eigenvalue weighted by Crippen LogP contribution is 2.23. The van der Waals surface area contributed by atoms with Crippen molar-refractivity contribution in [2.24, 2.45) is 0 Å². The highest BCUT2D eigenvalue weighted by molar-refractivity contribution is 8.00. The average molecular weight is 333 g/mol. The van der Waals surface area contributed by atoms with Gasteiger partial charge in [-0.3, -0.25) is 4.79 Å². The molecule has 4 N–H and O–H groups in total. The lowest BCUT2D eigenvalue weighted by Gasteiger charge is -2.14. The molecule has 1 heterocycles. The van der Waals surface area contributed by atoms with Crippen LogP contribution in [0, 0.1) is 0 Å². The second kappa shape index (κ2) is 7.54. The molecule has 2 rings (SSSR count). The number of carboxylic acid groups (broad SMARTS) is 1. The lowest BCUT2D eigenvalue weighted by atomic mass is 10.2. The van der Waals surface area contributed by atoms with Crippen molar-refractivity contribution in [1.29, 1.82) is 0 Å². The van der Waals surface area contributed by atoms with Gasteiger partial charge in [-0.1, -0.05) is 24.8 Å². The van der Waals surface area contributed by atoms with E-state index in [0.717, 1.165) is 0 Å². The first-order chi connectivity index (χ1) is 11.0. The summed E-state index contributed by atoms with van der Waals surface area (Å²) in [5, 5.41) is 11.6. The number of nitrogens with two attached hydrogens (primary N) is 1. The number of nitrogens with zero attached hydrogens (tertiary/aromatic N) is 3. The van der Waals surface area contributed by atoms with E-state index in [-0.39, 0.29) is 17.4 Å². The Morgan fingerprint density at radius 2 is 2.17 bits per heavy atom. The number of aromatic nitrogens is 3. The van der Waals surface area contributed by atoms with E-state index >= 15 is 0 Å². The van der Waals surface area contributed by atoms with Crippen LogP contribution >= 0.6 is 11.8 Å². The monoisotopic (exact) mass is 333 g/mol. The molecule has 1 atom stereocenters. The largest absolute Gasteiger partial charge is 0.478 e. The minimum atomic E-state index is -1.05. The summed E-state index contributed by atoms with van der Waals surface area (Å²) in [4.78, 5) is 34.9. The molecule has 1 unspecified atom stereocenters. The fraction of sp³-hybridized carbons (Fsp3) is 0.214. The quantitative estimate of drug-likeness (QED) is 0.680. The molecule has 9 heteroatoms. The van der Waals surface area contributed by atoms with Crippen molar-refractivity contribution in [1.82, 2.24) is 15.0 Å². The smallest absolute Gasteiger partial charge is 0.335 e. The summed E-state index contributed by atoms with van der Waals surface area (Å²) in [7, 11) is 0. The maximum atomic E-state index is 12.3. The molecule has 23 heavy (non-hydrogen) atoms. The normalized spacial score (nSPS) is 11.7. The van der Waals surface area contributed by atoms with Crippen LogP contribution in [0.4, 0.5) is 11.6 Å². The van der Waals surface area contributed by atoms with E-state index in [0.29, 0.717) is 17.3 Å². The maximum Gasteiger partial charge on any atom is 0.335 e. The summed E-state index contributed by atoms with van der Waals surface area (Å²) in [6.45, 7) is 1.86. The summed E-state index contributed by atoms with van der Waals surface area (Å²) >= 11 is 1.17. The summed E-state index contributed by atoms with van der Waals surface area (Å²) in [5.41, 5.74) is 6.01. The third-order valence-corrected chi connectivity index (χ3v) is 4.10. The molecule has 2 aromatic rings. The minimum Gasteiger partial charge on any atom is -0.478 e. The molecular weight excluding hydrogens is 318 g/mol. The number of amides is 1. The van der Waals surface area contributed by atoms with Crippen molar-refractivity contribution >= 4 is 35.3 Å². The molecule has 0 bridgehead atoms. The summed E-state index contributed by atoms with van der Waals surface area (Å²) in [6, 6.07) is 6.05. The minimum absolute atomic E-state index is 0.0897. The van der Waals surface area contributed by atoms with E-state index in [9.17, 15) is 9.59 Å². The summed E-state index contributed by atoms with van der Waals surface area (Å²) in [6.07, 6.45) is 1.83. The summed E-state index contributed by atoms with van der Waals surface area (Å²) < 4.78 is 0. The number of carbonyl (C=O) groups is 2. The molecule has 0 aliphatic carbocycles. The van der Waals surface area contributed by atoms with E-state index < -0.39 is 11.2 Å². The Morgan fingerprint density at radius 1 is 1.39 bits per heavy atom. The van der Waals surface area contributed by atoms with Crippen molar-refractivity contribution in [3.63, 3.8) is 0 Å². The molecule has 8 nitrogen and oxygen atoms in total. The summed E-state index contributed by atoms with van der Waals surface area (Å²) in [5.74, 6) is -1.23. The third kappa shape index (κ3) is 4.65. The first-order valence-corrected chi connectivity index (χ1v) is 7.63. The number of hydrogen-bond donors (Lipinski definition) is 3. The van der Waals surface area contributed by atoms with Gasteiger partial charge in [-0.25, -0.2) is 14.8 Å². The Kier molecular flexibility index (Phi) is 5.47. The van der Waals surface area contributed by atoms with Crippen LogP contribution in [0.5, 0.6) is 0 Å². The van der Waals surface area contributed by atoms with Gasteiger partial charge in [0.05, 0.1) is 10.8 Å². The first-order valence-electron chi connectivity index (χ1n) is 6.75. The highest BCUT2D eigenvalue weighted by Gasteiger charge is 2.20. The molecule has 0 saturated carbocycles. The lowest BCUT2D eigenvalue weighted by Crippen LogP contribution is -2.25. The van der Waals surface area contributed by atoms with E-state index in [1.165, 1.54) is 30.2 Å². The molecule has 0 radical (unpaired) electrons. The first kappa shape index (κ1) is 16.7. The van der Waals surface area contributed by atoms with Gasteiger partial charge in [-0.05, 0) is 24.6 Å². The Morgan fingerprint density at radius 3 is 2.83 bits per heavy atom. The number of nitrogens with one attached hydrogen (secondary N) is 1. The zero-order valence-corrected chi connectivity index (χ0v) is 13.1. The van der Waals surface area contributed by atoms with E-state index in [1.54, 1.807) is 12.1 Å². The Balaban J connectivity index is 2.08. The van der Waals surface area contributed by atoms with Gasteiger partial charge < -0.3 is 16.2 Å². The standard InChI is InChI=1S/C14H15N5O3S/c1-2-10(23-14-17-7-16-13(15)19-14)11(20)18-9-5-3-4-8(6-9)12(21)22/h3-7,10H,2H2,1H3,(H,18,20)(H,21,22)(H2,15,16,17,19). The van der Waals surface area contributed by atoms with Gasteiger partial charge in [0.1, 0.15) is 6.33 Å². The van der Waals surface area contributed by atoms with Crippen LogP contribution < -0.4 is 11.1 Å². The van der Waals surface area contributed by atoms with Crippen LogP contribution in [-0.4, -0.2) is 37.2 Å². The number of hydrogen-bond acceptors (Lipinski definition) is 7. The number of anilines is 2. The second-order valence-corrected chi connectivity index (χ2v) is 5.69. The van der Waals surface area contributed by atoms with Crippen molar-refractivity contribution in [2.75, 3.05) is 11.1 Å². The highest BCUT2D eigenvalue weighted by atomic mass is 32.2. The topological polar surface area (TPSA) is 131 Å². The molecule has 0 fully saturated rings. The van der Waals surface area contributed by atoms with E-state index in [2.05, 4.69) is 20.3 Å². The van der Waals surface area contributed by atoms with Crippen LogP contribution in [0.15, 0.2) is 35.7 Å². The Hall–Kier alpha value is -2.68. The number of carboxylic acids is 1. The molecule has 0 aliphatic heterocycles. The third-order valence-electron chi connectivity index (χ3n) is 2.86. The van der Waals surface area contributed by atoms with E-state index in [4.69, 9.17) is 10.8 Å². The van der Waals surface area contributed by atoms with Crippen molar-refractivity contribution in [3.05, 3.63) is 36.2 Å². The molecular formula is C14H15N5O3S. The zero-order valence-electron chi connectivity index (χ0n) is 12.3. The Labute approximate surface area is 136 Å².